The number of hydrogen-bond donors (Lipinski definition) is 0. The first-order valence-corrected chi connectivity index (χ1v) is 17.5. The average Bonchev–Trinajstić information content (AvgIpc) is 3.83. The maximum atomic E-state index is 12.1. The van der Waals surface area contributed by atoms with E-state index in [4.69, 9.17) is 29.4 Å². The lowest BCUT2D eigenvalue weighted by Crippen LogP contribution is -2.27. The zero-order chi connectivity index (χ0) is 32.3. The van der Waals surface area contributed by atoms with E-state index < -0.39 is 11.6 Å². The molecular weight excluding hydrogens is 708 g/mol. The van der Waals surface area contributed by atoms with Crippen LogP contribution in [0.15, 0.2) is 133 Å². The Morgan fingerprint density at radius 1 is 0.739 bits per heavy atom. The fourth-order valence-corrected chi connectivity index (χ4v) is 6.72. The molecule has 234 valence electrons. The number of carbonyl (C=O) groups excluding carboxylic acids is 1. The summed E-state index contributed by atoms with van der Waals surface area (Å²) in [4.78, 5) is 32.2. The van der Waals surface area contributed by atoms with E-state index in [1.54, 1.807) is 0 Å². The first-order valence-electron chi connectivity index (χ1n) is 15.3. The van der Waals surface area contributed by atoms with E-state index in [2.05, 4.69) is 44.0 Å². The number of fused-ring (bicyclic) bond motifs is 4. The van der Waals surface area contributed by atoms with Crippen molar-refractivity contribution in [3.05, 3.63) is 119 Å². The number of allylic oxidation sites excluding steroid dienone is 12. The van der Waals surface area contributed by atoms with Crippen molar-refractivity contribution in [2.75, 3.05) is 17.3 Å². The van der Waals surface area contributed by atoms with Crippen molar-refractivity contribution in [2.45, 2.75) is 39.2 Å². The van der Waals surface area contributed by atoms with Gasteiger partial charge in [0.1, 0.15) is 11.4 Å². The molecule has 0 aliphatic carbocycles. The van der Waals surface area contributed by atoms with E-state index in [1.165, 1.54) is 0 Å². The molecule has 0 atom stereocenters. The number of nitrogens with zero attached hydrogens (tertiary/aromatic N) is 4. The van der Waals surface area contributed by atoms with E-state index in [1.807, 2.05) is 93.6 Å². The molecule has 9 heteroatoms. The summed E-state index contributed by atoms with van der Waals surface area (Å²) in [6.45, 7) is 5.33. The number of rotatable bonds is 9. The molecule has 0 unspecified atom stereocenters. The molecule has 1 aromatic rings. The van der Waals surface area contributed by atoms with Gasteiger partial charge >= 0.3 is 5.97 Å². The molecule has 7 nitrogen and oxygen atoms in total. The van der Waals surface area contributed by atoms with Crippen LogP contribution in [0.5, 0.6) is 5.75 Å². The van der Waals surface area contributed by atoms with Gasteiger partial charge in [0.25, 0.3) is 0 Å². The molecule has 0 saturated heterocycles. The molecule has 1 aromatic carbocycles. The van der Waals surface area contributed by atoms with Crippen molar-refractivity contribution in [3.8, 4) is 5.75 Å². The van der Waals surface area contributed by atoms with E-state index in [9.17, 15) is 4.79 Å². The molecule has 0 radical (unpaired) electrons. The Balaban J connectivity index is 1.38. The zero-order valence-electron chi connectivity index (χ0n) is 26.0. The minimum atomic E-state index is -0.566. The predicted molar refractivity (Wildman–Crippen MR) is 195 cm³/mol. The maximum Gasteiger partial charge on any atom is 0.344 e. The summed E-state index contributed by atoms with van der Waals surface area (Å²) in [5, 5.41) is 1.79. The molecule has 6 rings (SSSR count). The highest BCUT2D eigenvalue weighted by Gasteiger charge is 2.25. The van der Waals surface area contributed by atoms with Crippen molar-refractivity contribution in [1.29, 1.82) is 0 Å². The Labute approximate surface area is 286 Å². The van der Waals surface area contributed by atoms with Gasteiger partial charge in [0, 0.05) is 21.8 Å². The van der Waals surface area contributed by atoms with Crippen LogP contribution < -0.4 is 4.74 Å². The third-order valence-electron chi connectivity index (χ3n) is 7.54. The van der Waals surface area contributed by atoms with Crippen LogP contribution in [0, 0.1) is 5.92 Å². The van der Waals surface area contributed by atoms with Crippen LogP contribution >= 0.6 is 31.9 Å². The molecule has 46 heavy (non-hydrogen) atoms. The first-order chi connectivity index (χ1) is 22.2. The van der Waals surface area contributed by atoms with Gasteiger partial charge in [-0.2, -0.15) is 0 Å². The number of carbonyl (C=O) groups is 1. The molecule has 0 saturated carbocycles. The van der Waals surface area contributed by atoms with Crippen LogP contribution in [0.1, 0.15) is 39.2 Å². The highest BCUT2D eigenvalue weighted by Crippen LogP contribution is 2.34. The Kier molecular flexibility index (Phi) is 9.61. The molecule has 0 N–H and O–H groups in total. The summed E-state index contributed by atoms with van der Waals surface area (Å²) in [5.41, 5.74) is 9.21. The van der Waals surface area contributed by atoms with E-state index in [0.29, 0.717) is 11.7 Å². The minimum absolute atomic E-state index is 0.164. The molecule has 0 aromatic heterocycles. The van der Waals surface area contributed by atoms with E-state index >= 15 is 0 Å². The van der Waals surface area contributed by atoms with E-state index in [0.717, 1.165) is 85.8 Å². The first kappa shape index (κ1) is 32.0. The van der Waals surface area contributed by atoms with Gasteiger partial charge in [-0.1, -0.05) is 44.0 Å². The number of esters is 1. The molecule has 0 spiro atoms. The van der Waals surface area contributed by atoms with Crippen LogP contribution in [-0.4, -0.2) is 51.7 Å². The van der Waals surface area contributed by atoms with Gasteiger partial charge in [-0.05, 0) is 118 Å². The SMILES string of the molecule is CC(C)(C)OC(=O)COc1ccc(C2=C3C=CC(=N3)C=C3C=CC(=N3)C(C(CCBr)CCBr)=C3C=CC(=N3)C=C3C=CC2=N3)cc1. The lowest BCUT2D eigenvalue weighted by atomic mass is 9.88. The molecule has 5 aliphatic rings. The summed E-state index contributed by atoms with van der Waals surface area (Å²) >= 11 is 7.32. The summed E-state index contributed by atoms with van der Waals surface area (Å²) < 4.78 is 11.1. The monoisotopic (exact) mass is 740 g/mol. The zero-order valence-corrected chi connectivity index (χ0v) is 29.1. The van der Waals surface area contributed by atoms with Crippen molar-refractivity contribution in [1.82, 2.24) is 0 Å². The maximum absolute atomic E-state index is 12.1. The fourth-order valence-electron chi connectivity index (χ4n) is 5.62. The average molecular weight is 743 g/mol. The van der Waals surface area contributed by atoms with Crippen molar-refractivity contribution < 1.29 is 14.3 Å². The molecule has 5 heterocycles. The summed E-state index contributed by atoms with van der Waals surface area (Å²) in [5.74, 6) is 0.448. The second-order valence-corrected chi connectivity index (χ2v) is 13.7. The summed E-state index contributed by atoms with van der Waals surface area (Å²) in [7, 11) is 0. The minimum Gasteiger partial charge on any atom is -0.482 e. The quantitative estimate of drug-likeness (QED) is 0.188. The number of aliphatic imine (C=N–C) groups is 4. The summed E-state index contributed by atoms with van der Waals surface area (Å²) in [6.07, 6.45) is 22.3. The Morgan fingerprint density at radius 2 is 1.33 bits per heavy atom. The number of ether oxygens (including phenoxy) is 2. The Morgan fingerprint density at radius 3 is 1.96 bits per heavy atom. The third kappa shape index (κ3) is 7.53. The van der Waals surface area contributed by atoms with Gasteiger partial charge in [0.15, 0.2) is 6.61 Å². The number of alkyl halides is 2. The second-order valence-electron chi connectivity index (χ2n) is 12.2. The topological polar surface area (TPSA) is 85.0 Å². The van der Waals surface area contributed by atoms with E-state index in [-0.39, 0.29) is 6.61 Å². The third-order valence-corrected chi connectivity index (χ3v) is 8.46. The highest BCUT2D eigenvalue weighted by atomic mass is 79.9. The van der Waals surface area contributed by atoms with Crippen molar-refractivity contribution >= 4 is 66.2 Å². The lowest BCUT2D eigenvalue weighted by Gasteiger charge is -2.19. The molecule has 0 fully saturated rings. The molecule has 8 bridgehead atoms. The summed E-state index contributed by atoms with van der Waals surface area (Å²) in [6, 6.07) is 7.60. The lowest BCUT2D eigenvalue weighted by molar-refractivity contribution is -0.157. The van der Waals surface area contributed by atoms with Crippen LogP contribution in [0.2, 0.25) is 0 Å². The van der Waals surface area contributed by atoms with Crippen LogP contribution in [-0.2, 0) is 9.53 Å². The highest BCUT2D eigenvalue weighted by molar-refractivity contribution is 9.09. The van der Waals surface area contributed by atoms with Gasteiger partial charge in [-0.25, -0.2) is 24.8 Å². The molecule has 5 aliphatic heterocycles. The molecular formula is C37H34Br2N4O3. The second kappa shape index (κ2) is 13.8. The van der Waals surface area contributed by atoms with Gasteiger partial charge < -0.3 is 9.47 Å². The van der Waals surface area contributed by atoms with Crippen molar-refractivity contribution in [3.63, 3.8) is 0 Å². The van der Waals surface area contributed by atoms with Gasteiger partial charge in [0.2, 0.25) is 0 Å². The Hall–Kier alpha value is -3.95. The number of hydrogen-bond acceptors (Lipinski definition) is 7. The normalized spacial score (nSPS) is 18.2. The predicted octanol–water partition coefficient (Wildman–Crippen LogP) is 8.38. The Bertz CT molecular complexity index is 1820. The number of halogens is 2. The number of benzene rings is 1. The van der Waals surface area contributed by atoms with Gasteiger partial charge in [-0.15, -0.1) is 0 Å². The van der Waals surface area contributed by atoms with Gasteiger partial charge in [-0.3, -0.25) is 0 Å². The fraction of sp³-hybridized carbons (Fsp3) is 0.270. The smallest absolute Gasteiger partial charge is 0.344 e. The van der Waals surface area contributed by atoms with Crippen LogP contribution in [0.3, 0.4) is 0 Å². The van der Waals surface area contributed by atoms with Crippen LogP contribution in [0.25, 0.3) is 5.57 Å². The van der Waals surface area contributed by atoms with Gasteiger partial charge in [0.05, 0.1) is 45.6 Å². The van der Waals surface area contributed by atoms with Crippen LogP contribution in [0.4, 0.5) is 0 Å². The van der Waals surface area contributed by atoms with Crippen molar-refractivity contribution in [2.24, 2.45) is 25.9 Å². The molecule has 0 amide bonds. The largest absolute Gasteiger partial charge is 0.482 e. The standard InChI is InChI=1S/C37H34Br2N4O3/c1-37(2,3)46-34(44)22-45-29-10-4-23(5-11-29)35-30-12-6-25(40-30)20-27-8-14-32(42-27)36(24(16-18-38)17-19-39)33-15-9-28(43-33)21-26-7-13-31(35)41-26/h4-15,20-21,24H,16-19,22H2,1-3H3.